The van der Waals surface area contributed by atoms with Crippen LogP contribution in [0.2, 0.25) is 5.15 Å². The molecule has 5 heteroatoms. The number of benzene rings is 1. The maximum atomic E-state index is 5.92. The van der Waals surface area contributed by atoms with E-state index in [9.17, 15) is 0 Å². The van der Waals surface area contributed by atoms with Gasteiger partial charge in [0.2, 0.25) is 0 Å². The number of halogens is 2. The van der Waals surface area contributed by atoms with Crippen LogP contribution in [0.4, 0.5) is 0 Å². The molecule has 0 unspecified atom stereocenters. The summed E-state index contributed by atoms with van der Waals surface area (Å²) >= 11 is 9.34. The first kappa shape index (κ1) is 10.7. The number of para-hydroxylation sites is 1. The molecule has 0 amide bonds. The third-order valence-electron chi connectivity index (χ3n) is 2.49. The summed E-state index contributed by atoms with van der Waals surface area (Å²) in [7, 11) is 0. The van der Waals surface area contributed by atoms with Gasteiger partial charge in [0.15, 0.2) is 0 Å². The third kappa shape index (κ3) is 1.83. The van der Waals surface area contributed by atoms with E-state index in [-0.39, 0.29) is 0 Å². The lowest BCUT2D eigenvalue weighted by Crippen LogP contribution is -1.95. The number of aromatic nitrogens is 3. The highest BCUT2D eigenvalue weighted by molar-refractivity contribution is 9.10. The molecule has 0 bridgehead atoms. The summed E-state index contributed by atoms with van der Waals surface area (Å²) < 4.78 is 2.60. The molecular formula is C12H7BrClN3. The van der Waals surface area contributed by atoms with Crippen molar-refractivity contribution in [1.82, 2.24) is 14.8 Å². The molecule has 0 spiro atoms. The molecular weight excluding hydrogens is 302 g/mol. The van der Waals surface area contributed by atoms with Crippen LogP contribution in [0.15, 0.2) is 47.2 Å². The van der Waals surface area contributed by atoms with Crippen LogP contribution in [0.5, 0.6) is 0 Å². The van der Waals surface area contributed by atoms with Gasteiger partial charge >= 0.3 is 0 Å². The van der Waals surface area contributed by atoms with E-state index >= 15 is 0 Å². The van der Waals surface area contributed by atoms with Gasteiger partial charge in [0.25, 0.3) is 0 Å². The third-order valence-corrected chi connectivity index (χ3v) is 3.28. The van der Waals surface area contributed by atoms with Crippen LogP contribution in [0.25, 0.3) is 16.6 Å². The molecule has 0 aliphatic heterocycles. The highest BCUT2D eigenvalue weighted by Crippen LogP contribution is 2.26. The van der Waals surface area contributed by atoms with E-state index in [4.69, 9.17) is 11.6 Å². The lowest BCUT2D eigenvalue weighted by atomic mass is 10.3. The van der Waals surface area contributed by atoms with E-state index in [2.05, 4.69) is 26.0 Å². The van der Waals surface area contributed by atoms with E-state index < -0.39 is 0 Å². The molecule has 0 atom stereocenters. The minimum absolute atomic E-state index is 0.460. The number of fused-ring (bicyclic) bond motifs is 1. The summed E-state index contributed by atoms with van der Waals surface area (Å²) in [6.07, 6.45) is 1.72. The summed E-state index contributed by atoms with van der Waals surface area (Å²) in [6, 6.07) is 11.7. The Morgan fingerprint density at radius 1 is 1.18 bits per heavy atom. The predicted octanol–water partition coefficient (Wildman–Crippen LogP) is 3.84. The molecule has 2 aromatic heterocycles. The molecule has 2 heterocycles. The Morgan fingerprint density at radius 2 is 1.94 bits per heavy atom. The van der Waals surface area contributed by atoms with Crippen LogP contribution in [0, 0.1) is 0 Å². The largest absolute Gasteiger partial charge is 0.244 e. The smallest absolute Gasteiger partial charge is 0.138 e. The van der Waals surface area contributed by atoms with Gasteiger partial charge in [-0.25, -0.2) is 9.67 Å². The first-order valence-corrected chi connectivity index (χ1v) is 6.18. The standard InChI is InChI=1S/C12H7BrClN3/c13-12-9-7-15-11(14)6-10(9)17(16-12)8-4-2-1-3-5-8/h1-7H. The highest BCUT2D eigenvalue weighted by atomic mass is 79.9. The van der Waals surface area contributed by atoms with Gasteiger partial charge in [-0.3, -0.25) is 0 Å². The number of nitrogens with zero attached hydrogens (tertiary/aromatic N) is 3. The average Bonchev–Trinajstić information content (AvgIpc) is 2.67. The molecule has 3 nitrogen and oxygen atoms in total. The molecule has 17 heavy (non-hydrogen) atoms. The van der Waals surface area contributed by atoms with Crippen molar-refractivity contribution in [1.29, 1.82) is 0 Å². The molecule has 1 aromatic carbocycles. The Bertz CT molecular complexity index is 679. The maximum Gasteiger partial charge on any atom is 0.138 e. The molecule has 84 valence electrons. The zero-order chi connectivity index (χ0) is 11.8. The summed E-state index contributed by atoms with van der Waals surface area (Å²) in [5.74, 6) is 0. The first-order valence-electron chi connectivity index (χ1n) is 5.01. The minimum atomic E-state index is 0.460. The van der Waals surface area contributed by atoms with Crippen molar-refractivity contribution in [2.24, 2.45) is 0 Å². The van der Waals surface area contributed by atoms with Gasteiger partial charge in [-0.1, -0.05) is 29.8 Å². The molecule has 3 aromatic rings. The zero-order valence-electron chi connectivity index (χ0n) is 8.64. The van der Waals surface area contributed by atoms with Crippen molar-refractivity contribution in [3.8, 4) is 5.69 Å². The van der Waals surface area contributed by atoms with E-state index in [0.717, 1.165) is 21.2 Å². The van der Waals surface area contributed by atoms with Crippen molar-refractivity contribution in [3.05, 3.63) is 52.4 Å². The van der Waals surface area contributed by atoms with Crippen LogP contribution in [0.3, 0.4) is 0 Å². The summed E-state index contributed by atoms with van der Waals surface area (Å²) in [5, 5.41) is 5.84. The molecule has 0 saturated heterocycles. The lowest BCUT2D eigenvalue weighted by molar-refractivity contribution is 0.898. The molecule has 0 aliphatic rings. The van der Waals surface area contributed by atoms with E-state index in [1.165, 1.54) is 0 Å². The lowest BCUT2D eigenvalue weighted by Gasteiger charge is -2.02. The van der Waals surface area contributed by atoms with Gasteiger partial charge in [0.1, 0.15) is 9.76 Å². The molecule has 0 aliphatic carbocycles. The van der Waals surface area contributed by atoms with Gasteiger partial charge in [-0.05, 0) is 28.1 Å². The highest BCUT2D eigenvalue weighted by Gasteiger charge is 2.10. The van der Waals surface area contributed by atoms with Gasteiger partial charge in [0.05, 0.1) is 16.6 Å². The zero-order valence-corrected chi connectivity index (χ0v) is 11.0. The second-order valence-corrected chi connectivity index (χ2v) is 4.70. The van der Waals surface area contributed by atoms with Gasteiger partial charge in [0, 0.05) is 12.3 Å². The fraction of sp³-hybridized carbons (Fsp3) is 0. The van der Waals surface area contributed by atoms with Crippen LogP contribution in [0.1, 0.15) is 0 Å². The summed E-state index contributed by atoms with van der Waals surface area (Å²) in [5.41, 5.74) is 1.92. The number of hydrogen-bond donors (Lipinski definition) is 0. The van der Waals surface area contributed by atoms with E-state index in [1.807, 2.05) is 41.1 Å². The molecule has 0 saturated carbocycles. The second-order valence-electron chi connectivity index (χ2n) is 3.56. The van der Waals surface area contributed by atoms with Crippen LogP contribution in [-0.4, -0.2) is 14.8 Å². The molecule has 3 rings (SSSR count). The Hall–Kier alpha value is -1.39. The Balaban J connectivity index is 2.34. The average molecular weight is 309 g/mol. The Labute approximate surface area is 111 Å². The summed E-state index contributed by atoms with van der Waals surface area (Å²) in [6.45, 7) is 0. The molecule has 0 radical (unpaired) electrons. The predicted molar refractivity (Wildman–Crippen MR) is 71.6 cm³/mol. The van der Waals surface area contributed by atoms with Crippen molar-refractivity contribution in [2.75, 3.05) is 0 Å². The van der Waals surface area contributed by atoms with Crippen LogP contribution in [-0.2, 0) is 0 Å². The Kier molecular flexibility index (Phi) is 2.61. The normalized spacial score (nSPS) is 10.9. The second kappa shape index (κ2) is 4.13. The summed E-state index contributed by atoms with van der Waals surface area (Å²) in [4.78, 5) is 4.06. The quantitative estimate of drug-likeness (QED) is 0.640. The van der Waals surface area contributed by atoms with Crippen LogP contribution >= 0.6 is 27.5 Å². The van der Waals surface area contributed by atoms with E-state index in [1.54, 1.807) is 6.20 Å². The topological polar surface area (TPSA) is 30.7 Å². The monoisotopic (exact) mass is 307 g/mol. The molecule has 0 N–H and O–H groups in total. The minimum Gasteiger partial charge on any atom is -0.244 e. The maximum absolute atomic E-state index is 5.92. The molecule has 0 fully saturated rings. The first-order chi connectivity index (χ1) is 8.25. The van der Waals surface area contributed by atoms with Crippen molar-refractivity contribution < 1.29 is 0 Å². The van der Waals surface area contributed by atoms with Crippen molar-refractivity contribution in [3.63, 3.8) is 0 Å². The van der Waals surface area contributed by atoms with Crippen molar-refractivity contribution >= 4 is 38.4 Å². The fourth-order valence-electron chi connectivity index (χ4n) is 1.72. The van der Waals surface area contributed by atoms with Crippen molar-refractivity contribution in [2.45, 2.75) is 0 Å². The Morgan fingerprint density at radius 3 is 2.71 bits per heavy atom. The SMILES string of the molecule is Clc1cc2c(cn1)c(Br)nn2-c1ccccc1. The van der Waals surface area contributed by atoms with Gasteiger partial charge in [-0.15, -0.1) is 0 Å². The van der Waals surface area contributed by atoms with Gasteiger partial charge in [-0.2, -0.15) is 5.10 Å². The number of rotatable bonds is 1. The number of pyridine rings is 1. The van der Waals surface area contributed by atoms with E-state index in [0.29, 0.717) is 5.15 Å². The van der Waals surface area contributed by atoms with Crippen LogP contribution < -0.4 is 0 Å². The van der Waals surface area contributed by atoms with Gasteiger partial charge < -0.3 is 0 Å². The number of hydrogen-bond acceptors (Lipinski definition) is 2. The fourth-order valence-corrected chi connectivity index (χ4v) is 2.33.